The zero-order chi connectivity index (χ0) is 10.1. The first kappa shape index (κ1) is 9.46. The summed E-state index contributed by atoms with van der Waals surface area (Å²) in [6, 6.07) is 8.40. The molecule has 3 heteroatoms. The number of benzene rings is 1. The summed E-state index contributed by atoms with van der Waals surface area (Å²) >= 11 is 3.38. The quantitative estimate of drug-likeness (QED) is 0.761. The molecule has 0 fully saturated rings. The fourth-order valence-electron chi connectivity index (χ4n) is 1.46. The lowest BCUT2D eigenvalue weighted by Gasteiger charge is -2.03. The van der Waals surface area contributed by atoms with Crippen molar-refractivity contribution in [1.82, 2.24) is 9.55 Å². The lowest BCUT2D eigenvalue weighted by molar-refractivity contribution is 0.888. The van der Waals surface area contributed by atoms with Crippen molar-refractivity contribution in [2.45, 2.75) is 6.92 Å². The van der Waals surface area contributed by atoms with Crippen LogP contribution in [0.15, 0.2) is 35.2 Å². The van der Waals surface area contributed by atoms with Crippen LogP contribution in [0.2, 0.25) is 0 Å². The molecule has 2 rings (SSSR count). The average molecular weight is 251 g/mol. The van der Waals surface area contributed by atoms with E-state index in [1.807, 2.05) is 17.8 Å². The summed E-state index contributed by atoms with van der Waals surface area (Å²) in [5, 5.41) is 0. The molecule has 0 radical (unpaired) electrons. The van der Waals surface area contributed by atoms with Gasteiger partial charge in [-0.05, 0) is 28.9 Å². The van der Waals surface area contributed by atoms with Crippen LogP contribution in [0.5, 0.6) is 0 Å². The highest BCUT2D eigenvalue weighted by atomic mass is 79.9. The number of hydrogen-bond donors (Lipinski definition) is 0. The Morgan fingerprint density at radius 3 is 2.71 bits per heavy atom. The molecule has 1 heterocycles. The molecule has 0 saturated carbocycles. The summed E-state index contributed by atoms with van der Waals surface area (Å²) in [5.74, 6) is 0. The second-order valence-corrected chi connectivity index (χ2v) is 4.05. The molecule has 0 atom stereocenters. The van der Waals surface area contributed by atoms with E-state index in [-0.39, 0.29) is 0 Å². The zero-order valence-electron chi connectivity index (χ0n) is 8.16. The first-order valence-corrected chi connectivity index (χ1v) is 5.22. The van der Waals surface area contributed by atoms with E-state index in [2.05, 4.69) is 52.1 Å². The molecular formula is C11H11BrN2. The van der Waals surface area contributed by atoms with Gasteiger partial charge in [-0.2, -0.15) is 0 Å². The third kappa shape index (κ3) is 1.60. The zero-order valence-corrected chi connectivity index (χ0v) is 9.75. The summed E-state index contributed by atoms with van der Waals surface area (Å²) < 4.78 is 2.88. The Bertz CT molecular complexity index is 460. The first-order chi connectivity index (χ1) is 6.68. The predicted molar refractivity (Wildman–Crippen MR) is 61.1 cm³/mol. The van der Waals surface area contributed by atoms with Gasteiger partial charge in [0.1, 0.15) is 0 Å². The molecule has 0 N–H and O–H groups in total. The van der Waals surface area contributed by atoms with Crippen molar-refractivity contribution in [3.8, 4) is 11.3 Å². The smallest absolute Gasteiger partial charge is 0.177 e. The van der Waals surface area contributed by atoms with E-state index >= 15 is 0 Å². The van der Waals surface area contributed by atoms with Gasteiger partial charge in [-0.15, -0.1) is 0 Å². The number of rotatable bonds is 1. The molecule has 2 aromatic rings. The van der Waals surface area contributed by atoms with E-state index in [0.29, 0.717) is 0 Å². The van der Waals surface area contributed by atoms with Crippen molar-refractivity contribution < 1.29 is 0 Å². The molecule has 0 aliphatic heterocycles. The summed E-state index contributed by atoms with van der Waals surface area (Å²) in [7, 11) is 1.99. The van der Waals surface area contributed by atoms with Crippen LogP contribution < -0.4 is 0 Å². The molecule has 14 heavy (non-hydrogen) atoms. The molecule has 0 spiro atoms. The molecule has 0 amide bonds. The van der Waals surface area contributed by atoms with Crippen LogP contribution >= 0.6 is 15.9 Å². The average Bonchev–Trinajstić information content (AvgIpc) is 2.48. The van der Waals surface area contributed by atoms with Crippen LogP contribution in [0.25, 0.3) is 11.3 Å². The SMILES string of the molecule is Cc1cccc(-c2cnc(Br)n2C)c1. The minimum atomic E-state index is 0.856. The summed E-state index contributed by atoms with van der Waals surface area (Å²) in [6.07, 6.45) is 1.87. The molecule has 72 valence electrons. The van der Waals surface area contributed by atoms with Crippen molar-refractivity contribution in [3.05, 3.63) is 40.8 Å². The molecule has 0 saturated heterocycles. The van der Waals surface area contributed by atoms with Gasteiger partial charge in [-0.3, -0.25) is 0 Å². The summed E-state index contributed by atoms with van der Waals surface area (Å²) in [6.45, 7) is 2.09. The fraction of sp³-hybridized carbons (Fsp3) is 0.182. The van der Waals surface area contributed by atoms with Crippen LogP contribution in [0.4, 0.5) is 0 Å². The monoisotopic (exact) mass is 250 g/mol. The van der Waals surface area contributed by atoms with Crippen molar-refractivity contribution >= 4 is 15.9 Å². The maximum absolute atomic E-state index is 4.20. The largest absolute Gasteiger partial charge is 0.322 e. The fourth-order valence-corrected chi connectivity index (χ4v) is 1.75. The van der Waals surface area contributed by atoms with Crippen molar-refractivity contribution in [3.63, 3.8) is 0 Å². The highest BCUT2D eigenvalue weighted by molar-refractivity contribution is 9.10. The maximum Gasteiger partial charge on any atom is 0.177 e. The van der Waals surface area contributed by atoms with Crippen LogP contribution in [-0.4, -0.2) is 9.55 Å². The van der Waals surface area contributed by atoms with Crippen molar-refractivity contribution in [1.29, 1.82) is 0 Å². The molecule has 0 unspecified atom stereocenters. The summed E-state index contributed by atoms with van der Waals surface area (Å²) in [5.41, 5.74) is 3.59. The van der Waals surface area contributed by atoms with Crippen LogP contribution in [0, 0.1) is 6.92 Å². The third-order valence-corrected chi connectivity index (χ3v) is 2.98. The standard InChI is InChI=1S/C11H11BrN2/c1-8-4-3-5-9(6-8)10-7-13-11(12)14(10)2/h3-7H,1-2H3. The second-order valence-electron chi connectivity index (χ2n) is 3.34. The number of imidazole rings is 1. The molecule has 0 aliphatic carbocycles. The van der Waals surface area contributed by atoms with E-state index in [1.165, 1.54) is 11.1 Å². The van der Waals surface area contributed by atoms with Gasteiger partial charge in [0, 0.05) is 12.6 Å². The van der Waals surface area contributed by atoms with E-state index in [4.69, 9.17) is 0 Å². The van der Waals surface area contributed by atoms with Gasteiger partial charge in [-0.1, -0.05) is 23.8 Å². The third-order valence-electron chi connectivity index (χ3n) is 2.25. The number of aryl methyl sites for hydroxylation is 1. The van der Waals surface area contributed by atoms with Gasteiger partial charge in [-0.25, -0.2) is 4.98 Å². The number of nitrogens with zero attached hydrogens (tertiary/aromatic N) is 2. The molecular weight excluding hydrogens is 240 g/mol. The van der Waals surface area contributed by atoms with Crippen LogP contribution in [0.1, 0.15) is 5.56 Å². The molecule has 0 aliphatic rings. The highest BCUT2D eigenvalue weighted by Crippen LogP contribution is 2.22. The Balaban J connectivity index is 2.55. The Kier molecular flexibility index (Phi) is 2.42. The highest BCUT2D eigenvalue weighted by Gasteiger charge is 2.05. The Morgan fingerprint density at radius 2 is 2.14 bits per heavy atom. The van der Waals surface area contributed by atoms with Crippen molar-refractivity contribution in [2.75, 3.05) is 0 Å². The van der Waals surface area contributed by atoms with E-state index < -0.39 is 0 Å². The molecule has 2 nitrogen and oxygen atoms in total. The normalized spacial score (nSPS) is 10.5. The van der Waals surface area contributed by atoms with Crippen LogP contribution in [0.3, 0.4) is 0 Å². The predicted octanol–water partition coefficient (Wildman–Crippen LogP) is 3.16. The minimum absolute atomic E-state index is 0.856. The lowest BCUT2D eigenvalue weighted by Crippen LogP contribution is -1.91. The van der Waals surface area contributed by atoms with Gasteiger partial charge < -0.3 is 4.57 Å². The summed E-state index contributed by atoms with van der Waals surface area (Å²) in [4.78, 5) is 4.20. The maximum atomic E-state index is 4.20. The van der Waals surface area contributed by atoms with Gasteiger partial charge in [0.15, 0.2) is 4.73 Å². The number of halogens is 1. The van der Waals surface area contributed by atoms with Gasteiger partial charge in [0.25, 0.3) is 0 Å². The molecule has 0 bridgehead atoms. The number of hydrogen-bond acceptors (Lipinski definition) is 1. The molecule has 1 aromatic heterocycles. The Labute approximate surface area is 91.7 Å². The first-order valence-electron chi connectivity index (χ1n) is 4.43. The lowest BCUT2D eigenvalue weighted by atomic mass is 10.1. The minimum Gasteiger partial charge on any atom is -0.322 e. The van der Waals surface area contributed by atoms with Gasteiger partial charge >= 0.3 is 0 Å². The Morgan fingerprint density at radius 1 is 1.36 bits per heavy atom. The molecule has 1 aromatic carbocycles. The number of aromatic nitrogens is 2. The van der Waals surface area contributed by atoms with E-state index in [1.54, 1.807) is 0 Å². The van der Waals surface area contributed by atoms with E-state index in [9.17, 15) is 0 Å². The topological polar surface area (TPSA) is 17.8 Å². The second kappa shape index (κ2) is 3.58. The van der Waals surface area contributed by atoms with Gasteiger partial charge in [0.2, 0.25) is 0 Å². The van der Waals surface area contributed by atoms with Crippen molar-refractivity contribution in [2.24, 2.45) is 7.05 Å². The van der Waals surface area contributed by atoms with E-state index in [0.717, 1.165) is 10.4 Å². The Hall–Kier alpha value is -1.09. The van der Waals surface area contributed by atoms with Crippen LogP contribution in [-0.2, 0) is 7.05 Å². The van der Waals surface area contributed by atoms with Gasteiger partial charge in [0.05, 0.1) is 11.9 Å².